The molecule has 0 atom stereocenters. The summed E-state index contributed by atoms with van der Waals surface area (Å²) >= 11 is 10.8. The number of carbonyl (C=O) groups is 1. The lowest BCUT2D eigenvalue weighted by atomic mass is 9.93. The van der Waals surface area contributed by atoms with E-state index in [1.54, 1.807) is 0 Å². The molecule has 0 unspecified atom stereocenters. The number of rotatable bonds is 6. The van der Waals surface area contributed by atoms with E-state index >= 15 is 0 Å². The molecule has 0 saturated heterocycles. The van der Waals surface area contributed by atoms with Crippen LogP contribution in [0.1, 0.15) is 25.7 Å². The van der Waals surface area contributed by atoms with Crippen molar-refractivity contribution in [2.75, 3.05) is 0 Å². The highest BCUT2D eigenvalue weighted by Gasteiger charge is 2.21. The Kier molecular flexibility index (Phi) is 6.16. The van der Waals surface area contributed by atoms with Gasteiger partial charge in [-0.3, -0.25) is 0 Å². The Labute approximate surface area is 141 Å². The van der Waals surface area contributed by atoms with Crippen molar-refractivity contribution < 1.29 is 9.53 Å². The zero-order valence-electron chi connectivity index (χ0n) is 12.3. The van der Waals surface area contributed by atoms with Crippen molar-refractivity contribution in [1.82, 2.24) is 0 Å². The predicted octanol–water partition coefficient (Wildman–Crippen LogP) is 4.38. The third-order valence-corrected chi connectivity index (χ3v) is 4.39. The molecule has 2 nitrogen and oxygen atoms in total. The monoisotopic (exact) mass is 330 g/mol. The molecule has 0 radical (unpaired) electrons. The van der Waals surface area contributed by atoms with E-state index in [1.807, 2.05) is 36.5 Å². The largest absolute Gasteiger partial charge is 0.459 e. The van der Waals surface area contributed by atoms with Gasteiger partial charge in [0.05, 0.1) is 0 Å². The molecule has 0 spiro atoms. The van der Waals surface area contributed by atoms with E-state index in [2.05, 4.69) is 6.58 Å². The van der Waals surface area contributed by atoms with Crippen molar-refractivity contribution in [3.63, 3.8) is 0 Å². The fraction of sp³-hybridized carbons (Fsp3) is 0.278. The highest BCUT2D eigenvalue weighted by atomic mass is 32.1. The van der Waals surface area contributed by atoms with E-state index in [0.717, 1.165) is 33.7 Å². The van der Waals surface area contributed by atoms with E-state index in [-0.39, 0.29) is 6.10 Å². The molecular formula is C18H18O2S2. The molecular weight excluding hydrogens is 312 g/mol. The molecule has 22 heavy (non-hydrogen) atoms. The maximum atomic E-state index is 11.6. The number of carbonyl (C=O) groups excluding carboxylic acids is 1. The van der Waals surface area contributed by atoms with Crippen molar-refractivity contribution in [1.29, 1.82) is 0 Å². The van der Waals surface area contributed by atoms with Gasteiger partial charge in [-0.1, -0.05) is 67.5 Å². The van der Waals surface area contributed by atoms with Crippen molar-refractivity contribution in [2.45, 2.75) is 31.8 Å². The summed E-state index contributed by atoms with van der Waals surface area (Å²) in [6.45, 7) is 3.46. The van der Waals surface area contributed by atoms with E-state index in [4.69, 9.17) is 29.2 Å². The molecule has 4 heteroatoms. The number of hydrogen-bond donors (Lipinski definition) is 0. The Bertz CT molecular complexity index is 577. The van der Waals surface area contributed by atoms with E-state index in [1.165, 1.54) is 6.08 Å². The second kappa shape index (κ2) is 8.11. The Hall–Kier alpha value is -1.65. The molecule has 2 aliphatic rings. The van der Waals surface area contributed by atoms with Gasteiger partial charge < -0.3 is 4.74 Å². The van der Waals surface area contributed by atoms with Gasteiger partial charge in [-0.15, -0.1) is 0 Å². The second-order valence-corrected chi connectivity index (χ2v) is 6.15. The van der Waals surface area contributed by atoms with Gasteiger partial charge in [0.15, 0.2) is 0 Å². The van der Waals surface area contributed by atoms with Crippen LogP contribution >= 0.6 is 24.4 Å². The van der Waals surface area contributed by atoms with Gasteiger partial charge in [-0.2, -0.15) is 0 Å². The van der Waals surface area contributed by atoms with E-state index in [9.17, 15) is 4.79 Å². The van der Waals surface area contributed by atoms with Crippen LogP contribution in [0, 0.1) is 0 Å². The van der Waals surface area contributed by atoms with Crippen LogP contribution in [-0.4, -0.2) is 21.8 Å². The maximum absolute atomic E-state index is 11.6. The quantitative estimate of drug-likeness (QED) is 0.410. The van der Waals surface area contributed by atoms with E-state index in [0.29, 0.717) is 12.8 Å². The predicted molar refractivity (Wildman–Crippen MR) is 98.2 cm³/mol. The number of hydrogen-bond acceptors (Lipinski definition) is 4. The summed E-state index contributed by atoms with van der Waals surface area (Å²) in [5, 5.41) is 0. The van der Waals surface area contributed by atoms with Crippen LogP contribution in [0.3, 0.4) is 0 Å². The summed E-state index contributed by atoms with van der Waals surface area (Å²) in [7, 11) is 0. The Morgan fingerprint density at radius 2 is 1.64 bits per heavy atom. The molecule has 2 aliphatic carbocycles. The molecule has 0 aromatic carbocycles. The molecule has 0 saturated carbocycles. The zero-order valence-corrected chi connectivity index (χ0v) is 13.9. The smallest absolute Gasteiger partial charge is 0.330 e. The van der Waals surface area contributed by atoms with Gasteiger partial charge in [-0.05, 0) is 11.1 Å². The SMILES string of the molecule is C=CC(=O)OC(CC1=CC=CCC1=S)CC1=CC=CCC1=S. The van der Waals surface area contributed by atoms with Crippen molar-refractivity contribution in [2.24, 2.45) is 0 Å². The topological polar surface area (TPSA) is 26.3 Å². The van der Waals surface area contributed by atoms with Gasteiger partial charge in [0.25, 0.3) is 0 Å². The van der Waals surface area contributed by atoms with Gasteiger partial charge in [0.1, 0.15) is 6.10 Å². The summed E-state index contributed by atoms with van der Waals surface area (Å²) in [5.74, 6) is -0.416. The zero-order chi connectivity index (χ0) is 15.9. The highest BCUT2D eigenvalue weighted by molar-refractivity contribution is 7.81. The molecule has 0 amide bonds. The highest BCUT2D eigenvalue weighted by Crippen LogP contribution is 2.24. The second-order valence-electron chi connectivity index (χ2n) is 5.17. The van der Waals surface area contributed by atoms with Crippen molar-refractivity contribution in [3.05, 3.63) is 60.3 Å². The number of ether oxygens (including phenoxy) is 1. The lowest BCUT2D eigenvalue weighted by molar-refractivity contribution is -0.142. The minimum atomic E-state index is -0.416. The van der Waals surface area contributed by atoms with Crippen LogP contribution in [0.25, 0.3) is 0 Å². The van der Waals surface area contributed by atoms with Crippen LogP contribution in [0.2, 0.25) is 0 Å². The molecule has 0 aliphatic heterocycles. The molecule has 0 fully saturated rings. The molecule has 0 aromatic heterocycles. The lowest BCUT2D eigenvalue weighted by Gasteiger charge is -2.22. The Morgan fingerprint density at radius 3 is 2.05 bits per heavy atom. The lowest BCUT2D eigenvalue weighted by Crippen LogP contribution is -2.22. The first kappa shape index (κ1) is 16.7. The number of thiocarbonyl (C=S) groups is 2. The van der Waals surface area contributed by atoms with E-state index < -0.39 is 5.97 Å². The minimum absolute atomic E-state index is 0.281. The van der Waals surface area contributed by atoms with Crippen LogP contribution < -0.4 is 0 Å². The summed E-state index contributed by atoms with van der Waals surface area (Å²) in [4.78, 5) is 13.4. The molecule has 114 valence electrons. The normalized spacial score (nSPS) is 17.3. The fourth-order valence-corrected chi connectivity index (χ4v) is 2.88. The molecule has 0 aromatic rings. The van der Waals surface area contributed by atoms with Crippen molar-refractivity contribution >= 4 is 40.1 Å². The molecule has 0 bridgehead atoms. The third kappa shape index (κ3) is 4.68. The Morgan fingerprint density at radius 1 is 1.14 bits per heavy atom. The first-order chi connectivity index (χ1) is 10.6. The average Bonchev–Trinajstić information content (AvgIpc) is 2.51. The maximum Gasteiger partial charge on any atom is 0.330 e. The average molecular weight is 330 g/mol. The first-order valence-corrected chi connectivity index (χ1v) is 8.02. The third-order valence-electron chi connectivity index (χ3n) is 3.53. The minimum Gasteiger partial charge on any atom is -0.459 e. The van der Waals surface area contributed by atoms with Crippen LogP contribution in [0.5, 0.6) is 0 Å². The Balaban J connectivity index is 2.11. The number of allylic oxidation sites excluding steroid dienone is 6. The summed E-state index contributed by atoms with van der Waals surface area (Å²) in [6.07, 6.45) is 15.7. The van der Waals surface area contributed by atoms with Crippen LogP contribution in [0.15, 0.2) is 60.3 Å². The standard InChI is InChI=1S/C18H18O2S2/c1-2-18(19)20-15(11-13-7-3-5-9-16(13)21)12-14-8-4-6-10-17(14)22/h2-8,15H,1,9-12H2. The summed E-state index contributed by atoms with van der Waals surface area (Å²) in [5.41, 5.74) is 2.11. The van der Waals surface area contributed by atoms with Crippen LogP contribution in [-0.2, 0) is 9.53 Å². The van der Waals surface area contributed by atoms with Gasteiger partial charge in [0, 0.05) is 41.5 Å². The first-order valence-electron chi connectivity index (χ1n) is 7.21. The fourth-order valence-electron chi connectivity index (χ4n) is 2.39. The molecule has 0 heterocycles. The summed E-state index contributed by atoms with van der Waals surface area (Å²) in [6, 6.07) is 0. The van der Waals surface area contributed by atoms with Gasteiger partial charge in [-0.25, -0.2) is 4.79 Å². The molecule has 2 rings (SSSR count). The van der Waals surface area contributed by atoms with Crippen LogP contribution in [0.4, 0.5) is 0 Å². The van der Waals surface area contributed by atoms with Gasteiger partial charge in [0.2, 0.25) is 0 Å². The molecule has 0 N–H and O–H groups in total. The van der Waals surface area contributed by atoms with Crippen molar-refractivity contribution in [3.8, 4) is 0 Å². The van der Waals surface area contributed by atoms with Gasteiger partial charge >= 0.3 is 5.97 Å². The number of esters is 1. The summed E-state index contributed by atoms with van der Waals surface area (Å²) < 4.78 is 5.50.